The molecule has 11 heterocycles. The first-order valence-corrected chi connectivity index (χ1v) is 28.6. The van der Waals surface area contributed by atoms with Crippen LogP contribution in [0.1, 0.15) is 65.0 Å². The van der Waals surface area contributed by atoms with E-state index in [0.717, 1.165) is 131 Å². The molecule has 0 bridgehead atoms. The van der Waals surface area contributed by atoms with Gasteiger partial charge in [-0.2, -0.15) is 0 Å². The van der Waals surface area contributed by atoms with E-state index >= 15 is 0 Å². The van der Waals surface area contributed by atoms with Crippen LogP contribution in [-0.4, -0.2) is 150 Å². The molecule has 23 heteroatoms. The molecule has 84 heavy (non-hydrogen) atoms. The molecule has 4 N–H and O–H groups in total. The van der Waals surface area contributed by atoms with Crippen LogP contribution in [0.2, 0.25) is 0 Å². The predicted molar refractivity (Wildman–Crippen MR) is 321 cm³/mol. The van der Waals surface area contributed by atoms with Crippen LogP contribution in [0.4, 0.5) is 21.9 Å². The Bertz CT molecular complexity index is 3760. The Morgan fingerprint density at radius 2 is 0.976 bits per heavy atom. The Hall–Kier alpha value is -8.63. The topological polar surface area (TPSA) is 235 Å². The van der Waals surface area contributed by atoms with Gasteiger partial charge in [-0.1, -0.05) is 0 Å². The van der Waals surface area contributed by atoms with Gasteiger partial charge in [0.05, 0.1) is 64.7 Å². The number of piperidine rings is 3. The lowest BCUT2D eigenvalue weighted by molar-refractivity contribution is 0.0478. The largest absolute Gasteiger partial charge is 0.486 e. The van der Waals surface area contributed by atoms with Crippen molar-refractivity contribution in [3.05, 3.63) is 156 Å². The molecule has 3 fully saturated rings. The number of hydrogen-bond acceptors (Lipinski definition) is 16. The highest BCUT2D eigenvalue weighted by Crippen LogP contribution is 2.30. The molecule has 3 saturated heterocycles. The second kappa shape index (κ2) is 28.1. The average Bonchev–Trinajstić information content (AvgIpc) is 3.58. The number of carbonyl (C=O) groups excluding carboxylic acids is 1. The summed E-state index contributed by atoms with van der Waals surface area (Å²) in [6.45, 7) is 38.5. The molecular weight excluding hydrogens is 1070 g/mol. The maximum absolute atomic E-state index is 12.5. The number of nitrogens with two attached hydrogens (primary N) is 1. The van der Waals surface area contributed by atoms with Gasteiger partial charge in [0, 0.05) is 120 Å². The monoisotopic (exact) mass is 1140 g/mol. The molecule has 0 aliphatic carbocycles. The van der Waals surface area contributed by atoms with Gasteiger partial charge < -0.3 is 59.0 Å². The summed E-state index contributed by atoms with van der Waals surface area (Å²) in [7, 11) is 0. The van der Waals surface area contributed by atoms with Gasteiger partial charge in [0.1, 0.15) is 18.8 Å². The van der Waals surface area contributed by atoms with Crippen molar-refractivity contribution in [2.24, 2.45) is 5.73 Å². The highest BCUT2D eigenvalue weighted by atomic mass is 16.6. The molecule has 0 spiro atoms. The summed E-state index contributed by atoms with van der Waals surface area (Å²) in [5.41, 5.74) is 11.8. The fourth-order valence-corrected chi connectivity index (χ4v) is 10.7. The minimum absolute atomic E-state index is 0.0508. The minimum Gasteiger partial charge on any atom is -0.486 e. The van der Waals surface area contributed by atoms with Gasteiger partial charge in [0.25, 0.3) is 16.7 Å². The summed E-state index contributed by atoms with van der Waals surface area (Å²) in [6.07, 6.45) is 11.7. The molecule has 4 aliphatic rings. The number of amides is 1. The van der Waals surface area contributed by atoms with Crippen LogP contribution < -0.4 is 42.5 Å². The summed E-state index contributed by atoms with van der Waals surface area (Å²) in [5.74, 6) is 1.48. The van der Waals surface area contributed by atoms with Crippen molar-refractivity contribution in [2.75, 3.05) is 72.1 Å². The van der Waals surface area contributed by atoms with Gasteiger partial charge in [-0.15, -0.1) is 0 Å². The second-order valence-electron chi connectivity index (χ2n) is 22.4. The summed E-state index contributed by atoms with van der Waals surface area (Å²) in [6, 6.07) is 17.7. The fraction of sp³-hybridized carbons (Fsp3) is 0.459. The van der Waals surface area contributed by atoms with E-state index in [4.69, 9.17) is 39.7 Å². The lowest BCUT2D eigenvalue weighted by Gasteiger charge is -2.33. The number of ether oxygens (including phenoxy) is 3. The summed E-state index contributed by atoms with van der Waals surface area (Å²) < 4.78 is 21.6. The molecule has 0 saturated carbocycles. The van der Waals surface area contributed by atoms with Gasteiger partial charge in [-0.05, 0) is 122 Å². The van der Waals surface area contributed by atoms with E-state index < -0.39 is 5.60 Å². The number of fused-ring (bicyclic) bond motifs is 4. The van der Waals surface area contributed by atoms with Crippen molar-refractivity contribution >= 4 is 56.3 Å². The second-order valence-corrected chi connectivity index (χ2v) is 22.4. The molecule has 0 radical (unpaired) electrons. The zero-order valence-corrected chi connectivity index (χ0v) is 47.9. The van der Waals surface area contributed by atoms with Crippen LogP contribution in [0.3, 0.4) is 0 Å². The number of rotatable bonds is 13. The molecule has 11 rings (SSSR count). The number of likely N-dealkylation sites (tertiary alicyclic amines) is 3. The Balaban J connectivity index is 0.000000154. The van der Waals surface area contributed by atoms with Crippen LogP contribution in [0, 0.1) is 19.7 Å². The van der Waals surface area contributed by atoms with Gasteiger partial charge in [0.15, 0.2) is 11.5 Å². The van der Waals surface area contributed by atoms with E-state index in [1.165, 1.54) is 18.5 Å². The number of hydrogen-bond donors (Lipinski definition) is 3. The predicted octanol–water partition coefficient (Wildman–Crippen LogP) is 6.67. The molecule has 7 aromatic heterocycles. The average molecular weight is 1140 g/mol. The first-order chi connectivity index (χ1) is 40.6. The van der Waals surface area contributed by atoms with Crippen molar-refractivity contribution in [1.82, 2.24) is 59.0 Å². The van der Waals surface area contributed by atoms with Gasteiger partial charge in [-0.25, -0.2) is 19.3 Å². The van der Waals surface area contributed by atoms with Crippen molar-refractivity contribution in [1.29, 1.82) is 0 Å². The molecule has 0 aromatic carbocycles. The molecule has 0 atom stereocenters. The third-order valence-electron chi connectivity index (χ3n) is 15.4. The summed E-state index contributed by atoms with van der Waals surface area (Å²) in [5, 5.41) is 6.54. The molecular formula is C61H72N16O7. The van der Waals surface area contributed by atoms with E-state index in [0.29, 0.717) is 85.3 Å². The van der Waals surface area contributed by atoms with E-state index in [2.05, 4.69) is 59.8 Å². The first kappa shape index (κ1) is 60.0. The molecule has 7 aromatic rings. The molecule has 438 valence electrons. The molecule has 4 aliphatic heterocycles. The minimum atomic E-state index is -0.502. The van der Waals surface area contributed by atoms with Crippen molar-refractivity contribution in [2.45, 2.75) is 109 Å². The fourth-order valence-electron chi connectivity index (χ4n) is 10.7. The Morgan fingerprint density at radius 1 is 0.571 bits per heavy atom. The standard InChI is InChI=1S/C24H26N6O3.C21H27N5O3.C16H19N5O/c1-25-18-12-21-20(28-14-18)2-3-24(31)30(21)9-8-29-6-4-17(5-7-29)26-15-19-13-22-23(16-27-19)33-11-10-32-22;1-21(2,3)29-20(28)24-15-7-9-25(10-8-15)11-12-26-18-13-16(22-4)14-23-17(18)5-6-19(26)27;1-18-13-10-15-14(19-11-13)2-3-16(22)21(15)9-8-20-6-4-12(17)5-7-20/h2-3,12-14,16-17,26H,4-11,15H2;5-6,13-15H,7-12H2,1-3H3,(H,24,28);2-3,10-12H,4-9,17H2. The van der Waals surface area contributed by atoms with Crippen LogP contribution in [-0.2, 0) is 30.9 Å². The van der Waals surface area contributed by atoms with Gasteiger partial charge in [-0.3, -0.25) is 34.3 Å². The van der Waals surface area contributed by atoms with Crippen LogP contribution >= 0.6 is 0 Å². The molecule has 0 unspecified atom stereocenters. The van der Waals surface area contributed by atoms with Crippen molar-refractivity contribution in [3.63, 3.8) is 0 Å². The van der Waals surface area contributed by atoms with Crippen LogP contribution in [0.15, 0.2) is 99.8 Å². The number of carbonyl (C=O) groups is 1. The number of pyridine rings is 7. The van der Waals surface area contributed by atoms with Crippen molar-refractivity contribution < 1.29 is 19.0 Å². The normalized spacial score (nSPS) is 16.3. The number of nitrogens with zero attached hydrogens (tertiary/aromatic N) is 13. The van der Waals surface area contributed by atoms with E-state index in [1.807, 2.05) is 26.8 Å². The van der Waals surface area contributed by atoms with Gasteiger partial charge in [0.2, 0.25) is 17.1 Å². The molecule has 1 amide bonds. The Morgan fingerprint density at radius 3 is 1.39 bits per heavy atom. The number of aromatic nitrogens is 7. The van der Waals surface area contributed by atoms with Crippen LogP contribution in [0.25, 0.3) is 47.6 Å². The van der Waals surface area contributed by atoms with E-state index in [-0.39, 0.29) is 28.8 Å². The zero-order chi connectivity index (χ0) is 59.2. The maximum Gasteiger partial charge on any atom is 0.407 e. The zero-order valence-electron chi connectivity index (χ0n) is 47.9. The molecule has 23 nitrogen and oxygen atoms in total. The lowest BCUT2D eigenvalue weighted by atomic mass is 10.0. The van der Waals surface area contributed by atoms with E-state index in [9.17, 15) is 19.2 Å². The quantitative estimate of drug-likeness (QED) is 0.102. The Kier molecular flexibility index (Phi) is 20.1. The smallest absolute Gasteiger partial charge is 0.407 e. The van der Waals surface area contributed by atoms with Crippen molar-refractivity contribution in [3.8, 4) is 11.5 Å². The van der Waals surface area contributed by atoms with Gasteiger partial charge >= 0.3 is 6.09 Å². The SMILES string of the molecule is [C-]#[N+]c1cnc2ccc(=O)n(CCN3CCC(N)CC3)c2c1.[C-]#[N+]c1cnc2ccc(=O)n(CCN3CCC(NC(=O)OC(C)(C)C)CC3)c2c1.[C-]#[N+]c1cnc2ccc(=O)n(CCN3CCC(NCc4cc5c(cn4)OCCO5)CC3)c2c1. The number of alkyl carbamates (subject to hydrolysis) is 1. The third-order valence-corrected chi connectivity index (χ3v) is 15.4. The summed E-state index contributed by atoms with van der Waals surface area (Å²) in [4.78, 5) is 83.5. The lowest BCUT2D eigenvalue weighted by Crippen LogP contribution is -2.46. The highest BCUT2D eigenvalue weighted by molar-refractivity contribution is 5.80. The highest BCUT2D eigenvalue weighted by Gasteiger charge is 2.25. The number of nitrogens with one attached hydrogen (secondary N) is 2. The first-order valence-electron chi connectivity index (χ1n) is 28.6. The summed E-state index contributed by atoms with van der Waals surface area (Å²) >= 11 is 0. The van der Waals surface area contributed by atoms with E-state index in [1.54, 1.807) is 74.6 Å². The Labute approximate surface area is 487 Å². The third kappa shape index (κ3) is 16.1. The maximum atomic E-state index is 12.5. The van der Waals surface area contributed by atoms with Crippen LogP contribution in [0.5, 0.6) is 11.5 Å².